The highest BCUT2D eigenvalue weighted by Gasteiger charge is 2.17. The van der Waals surface area contributed by atoms with Gasteiger partial charge in [-0.3, -0.25) is 14.4 Å². The van der Waals surface area contributed by atoms with Crippen molar-refractivity contribution in [2.24, 2.45) is 0 Å². The molecule has 6 nitrogen and oxygen atoms in total. The fourth-order valence-corrected chi connectivity index (χ4v) is 4.10. The van der Waals surface area contributed by atoms with E-state index in [2.05, 4.69) is 10.2 Å². The summed E-state index contributed by atoms with van der Waals surface area (Å²) in [5.74, 6) is -0.218. The molecule has 30 heavy (non-hydrogen) atoms. The molecule has 0 radical (unpaired) electrons. The number of benzene rings is 2. The summed E-state index contributed by atoms with van der Waals surface area (Å²) >= 11 is 0. The van der Waals surface area contributed by atoms with Crippen LogP contribution in [0.5, 0.6) is 0 Å². The number of aromatic nitrogens is 2. The van der Waals surface area contributed by atoms with Crippen LogP contribution in [0.25, 0.3) is 10.8 Å². The van der Waals surface area contributed by atoms with Crippen LogP contribution in [0.2, 0.25) is 0 Å². The summed E-state index contributed by atoms with van der Waals surface area (Å²) in [5, 5.41) is 7.42. The lowest BCUT2D eigenvalue weighted by Crippen LogP contribution is -2.18. The molecule has 0 bridgehead atoms. The number of carbonyl (C=O) groups is 2. The number of nitrogens with zero attached hydrogens (tertiary/aromatic N) is 1. The quantitative estimate of drug-likeness (QED) is 0.497. The average molecular weight is 404 g/mol. The summed E-state index contributed by atoms with van der Waals surface area (Å²) in [6.45, 7) is -0.317. The minimum atomic E-state index is -0.563. The van der Waals surface area contributed by atoms with Crippen molar-refractivity contribution in [1.82, 2.24) is 10.2 Å². The fraction of sp³-hybridized carbons (Fsp3) is 0.333. The molecule has 1 heterocycles. The largest absolute Gasteiger partial charge is 0.457 e. The van der Waals surface area contributed by atoms with Gasteiger partial charge >= 0.3 is 5.97 Å². The number of aromatic amines is 1. The smallest absolute Gasteiger partial charge is 0.312 e. The molecule has 1 aliphatic carbocycles. The number of nitrogens with one attached hydrogen (secondary N) is 1. The first-order chi connectivity index (χ1) is 14.6. The van der Waals surface area contributed by atoms with Crippen LogP contribution in [0.1, 0.15) is 59.6 Å². The van der Waals surface area contributed by atoms with E-state index in [1.54, 1.807) is 24.3 Å². The second-order valence-electron chi connectivity index (χ2n) is 7.76. The van der Waals surface area contributed by atoms with E-state index in [9.17, 15) is 14.4 Å². The van der Waals surface area contributed by atoms with Gasteiger partial charge in [0.2, 0.25) is 0 Å². The van der Waals surface area contributed by atoms with E-state index in [1.165, 1.54) is 37.7 Å². The molecule has 4 rings (SSSR count). The number of carbonyl (C=O) groups excluding carboxylic acids is 2. The van der Waals surface area contributed by atoms with E-state index in [1.807, 2.05) is 24.3 Å². The molecule has 0 aliphatic heterocycles. The highest BCUT2D eigenvalue weighted by atomic mass is 16.5. The van der Waals surface area contributed by atoms with Crippen molar-refractivity contribution >= 4 is 22.5 Å². The van der Waals surface area contributed by atoms with Crippen LogP contribution < -0.4 is 5.56 Å². The van der Waals surface area contributed by atoms with E-state index in [0.29, 0.717) is 27.9 Å². The maximum Gasteiger partial charge on any atom is 0.312 e. The molecule has 0 spiro atoms. The highest BCUT2D eigenvalue weighted by molar-refractivity contribution is 5.98. The first-order valence-corrected chi connectivity index (χ1v) is 10.4. The van der Waals surface area contributed by atoms with E-state index in [-0.39, 0.29) is 24.4 Å². The summed E-state index contributed by atoms with van der Waals surface area (Å²) < 4.78 is 5.17. The third kappa shape index (κ3) is 4.48. The molecule has 1 N–H and O–H groups in total. The van der Waals surface area contributed by atoms with Crippen LogP contribution in [0, 0.1) is 0 Å². The number of rotatable bonds is 6. The third-order valence-electron chi connectivity index (χ3n) is 5.76. The van der Waals surface area contributed by atoms with Gasteiger partial charge in [-0.05, 0) is 30.4 Å². The van der Waals surface area contributed by atoms with Gasteiger partial charge in [0, 0.05) is 10.9 Å². The number of ether oxygens (including phenoxy) is 1. The van der Waals surface area contributed by atoms with E-state index < -0.39 is 5.97 Å². The number of hydrogen-bond acceptors (Lipinski definition) is 5. The molecule has 0 amide bonds. The van der Waals surface area contributed by atoms with Crippen molar-refractivity contribution in [3.05, 3.63) is 75.7 Å². The lowest BCUT2D eigenvalue weighted by atomic mass is 9.84. The van der Waals surface area contributed by atoms with Gasteiger partial charge in [-0.2, -0.15) is 5.10 Å². The maximum absolute atomic E-state index is 12.4. The number of hydrogen-bond donors (Lipinski definition) is 1. The minimum Gasteiger partial charge on any atom is -0.457 e. The Balaban J connectivity index is 1.35. The van der Waals surface area contributed by atoms with E-state index >= 15 is 0 Å². The van der Waals surface area contributed by atoms with Crippen LogP contribution in [0.4, 0.5) is 0 Å². The zero-order valence-corrected chi connectivity index (χ0v) is 16.7. The summed E-state index contributed by atoms with van der Waals surface area (Å²) in [6, 6.07) is 14.6. The Morgan fingerprint density at radius 3 is 2.40 bits per heavy atom. The average Bonchev–Trinajstić information content (AvgIpc) is 2.80. The number of esters is 1. The van der Waals surface area contributed by atoms with Crippen LogP contribution in [0.3, 0.4) is 0 Å². The first kappa shape index (κ1) is 20.0. The first-order valence-electron chi connectivity index (χ1n) is 10.4. The predicted octanol–water partition coefficient (Wildman–Crippen LogP) is 3.94. The van der Waals surface area contributed by atoms with Gasteiger partial charge in [0.15, 0.2) is 12.4 Å². The van der Waals surface area contributed by atoms with Gasteiger partial charge in [0.1, 0.15) is 0 Å². The number of ketones is 1. The number of H-pyrrole nitrogens is 1. The molecule has 1 saturated carbocycles. The van der Waals surface area contributed by atoms with Crippen molar-refractivity contribution in [1.29, 1.82) is 0 Å². The molecule has 1 aliphatic rings. The number of Topliss-reactive ketones (excluding diaryl/α,β-unsaturated/α-hetero) is 1. The van der Waals surface area contributed by atoms with Gasteiger partial charge in [-0.15, -0.1) is 0 Å². The van der Waals surface area contributed by atoms with Crippen LogP contribution in [-0.2, 0) is 16.0 Å². The molecule has 0 unspecified atom stereocenters. The Hall–Kier alpha value is -3.28. The Kier molecular flexibility index (Phi) is 6.02. The van der Waals surface area contributed by atoms with Crippen molar-refractivity contribution in [3.63, 3.8) is 0 Å². The highest BCUT2D eigenvalue weighted by Crippen LogP contribution is 2.32. The third-order valence-corrected chi connectivity index (χ3v) is 5.76. The summed E-state index contributed by atoms with van der Waals surface area (Å²) in [6.07, 6.45) is 6.13. The van der Waals surface area contributed by atoms with Crippen molar-refractivity contribution in [2.45, 2.75) is 44.4 Å². The lowest BCUT2D eigenvalue weighted by molar-refractivity contribution is -0.141. The molecule has 1 aromatic heterocycles. The molecular weight excluding hydrogens is 380 g/mol. The topological polar surface area (TPSA) is 89.1 Å². The SMILES string of the molecule is O=C(Cc1n[nH]c(=O)c2ccccc12)OCC(=O)c1ccc(C2CCCCC2)cc1. The monoisotopic (exact) mass is 404 g/mol. The zero-order chi connectivity index (χ0) is 20.9. The fourth-order valence-electron chi connectivity index (χ4n) is 4.10. The van der Waals surface area contributed by atoms with Crippen molar-refractivity contribution < 1.29 is 14.3 Å². The maximum atomic E-state index is 12.4. The lowest BCUT2D eigenvalue weighted by Gasteiger charge is -2.22. The van der Waals surface area contributed by atoms with Gasteiger partial charge in [0.05, 0.1) is 17.5 Å². The molecule has 6 heteroatoms. The molecule has 2 aromatic carbocycles. The van der Waals surface area contributed by atoms with Gasteiger partial charge in [0.25, 0.3) is 5.56 Å². The normalized spacial score (nSPS) is 14.5. The van der Waals surface area contributed by atoms with Crippen LogP contribution >= 0.6 is 0 Å². The minimum absolute atomic E-state index is 0.120. The Morgan fingerprint density at radius 1 is 0.967 bits per heavy atom. The van der Waals surface area contributed by atoms with Crippen LogP contribution in [-0.4, -0.2) is 28.6 Å². The van der Waals surface area contributed by atoms with Gasteiger partial charge in [-0.1, -0.05) is 61.7 Å². The summed E-state index contributed by atoms with van der Waals surface area (Å²) in [5.41, 5.74) is 1.92. The van der Waals surface area contributed by atoms with Crippen LogP contribution in [0.15, 0.2) is 53.3 Å². The standard InChI is InChI=1S/C24H24N2O4/c27-22(18-12-10-17(11-13-18)16-6-2-1-3-7-16)15-30-23(28)14-21-19-8-4-5-9-20(19)24(29)26-25-21/h4-5,8-13,16H,1-3,6-7,14-15H2,(H,26,29). The molecule has 0 atom stereocenters. The van der Waals surface area contributed by atoms with Crippen molar-refractivity contribution in [2.75, 3.05) is 6.61 Å². The Bertz CT molecular complexity index is 1110. The van der Waals surface area contributed by atoms with E-state index in [0.717, 1.165) is 0 Å². The number of fused-ring (bicyclic) bond motifs is 1. The summed E-state index contributed by atoms with van der Waals surface area (Å²) in [7, 11) is 0. The van der Waals surface area contributed by atoms with Crippen molar-refractivity contribution in [3.8, 4) is 0 Å². The zero-order valence-electron chi connectivity index (χ0n) is 16.7. The molecule has 1 fully saturated rings. The van der Waals surface area contributed by atoms with E-state index in [4.69, 9.17) is 4.74 Å². The molecule has 154 valence electrons. The second-order valence-corrected chi connectivity index (χ2v) is 7.76. The predicted molar refractivity (Wildman–Crippen MR) is 114 cm³/mol. The Morgan fingerprint density at radius 2 is 1.67 bits per heavy atom. The Labute approximate surface area is 174 Å². The van der Waals surface area contributed by atoms with Gasteiger partial charge in [-0.25, -0.2) is 5.10 Å². The second kappa shape index (κ2) is 9.03. The summed E-state index contributed by atoms with van der Waals surface area (Å²) in [4.78, 5) is 36.5. The molecule has 3 aromatic rings. The molecular formula is C24H24N2O4. The molecule has 0 saturated heterocycles. The van der Waals surface area contributed by atoms with Gasteiger partial charge < -0.3 is 4.74 Å².